The van der Waals surface area contributed by atoms with Gasteiger partial charge in [-0.15, -0.1) is 11.3 Å². The summed E-state index contributed by atoms with van der Waals surface area (Å²) < 4.78 is 5.49. The van der Waals surface area contributed by atoms with Crippen LogP contribution in [0.25, 0.3) is 0 Å². The van der Waals surface area contributed by atoms with Gasteiger partial charge in [0.25, 0.3) is 0 Å². The van der Waals surface area contributed by atoms with Crippen molar-refractivity contribution in [2.24, 2.45) is 0 Å². The third kappa shape index (κ3) is 2.68. The standard InChI is InChI=1S/C13H18N2OS/c1-16-12-6-2-3-7-13(12,10-14)15-9-11-5-4-8-17-11/h4-5,8,12,15H,2-3,6-7,9H2,1H3. The summed E-state index contributed by atoms with van der Waals surface area (Å²) in [4.78, 5) is 1.26. The lowest BCUT2D eigenvalue weighted by atomic mass is 9.80. The average Bonchev–Trinajstić information content (AvgIpc) is 2.89. The summed E-state index contributed by atoms with van der Waals surface area (Å²) in [6.45, 7) is 0.755. The Morgan fingerprint density at radius 2 is 2.53 bits per heavy atom. The summed E-state index contributed by atoms with van der Waals surface area (Å²) in [6, 6.07) is 6.58. The van der Waals surface area contributed by atoms with E-state index in [1.165, 1.54) is 4.88 Å². The molecule has 1 aliphatic carbocycles. The molecular formula is C13H18N2OS. The lowest BCUT2D eigenvalue weighted by Crippen LogP contribution is -2.55. The topological polar surface area (TPSA) is 45.0 Å². The minimum absolute atomic E-state index is 0.0150. The van der Waals surface area contributed by atoms with E-state index < -0.39 is 5.54 Å². The minimum Gasteiger partial charge on any atom is -0.378 e. The molecule has 2 unspecified atom stereocenters. The second-order valence-corrected chi connectivity index (χ2v) is 5.52. The molecule has 3 nitrogen and oxygen atoms in total. The number of nitrogens with zero attached hydrogens (tertiary/aromatic N) is 1. The predicted molar refractivity (Wildman–Crippen MR) is 68.8 cm³/mol. The molecule has 0 aromatic carbocycles. The Morgan fingerprint density at radius 1 is 1.65 bits per heavy atom. The van der Waals surface area contributed by atoms with Crippen LogP contribution in [0, 0.1) is 11.3 Å². The first-order valence-electron chi connectivity index (χ1n) is 6.02. The van der Waals surface area contributed by atoms with Gasteiger partial charge in [-0.1, -0.05) is 18.9 Å². The van der Waals surface area contributed by atoms with Crippen LogP contribution in [0.4, 0.5) is 0 Å². The Kier molecular flexibility index (Phi) is 4.16. The van der Waals surface area contributed by atoms with Gasteiger partial charge in [-0.3, -0.25) is 5.32 Å². The third-order valence-corrected chi connectivity index (χ3v) is 4.36. The van der Waals surface area contributed by atoms with E-state index >= 15 is 0 Å². The number of rotatable bonds is 4. The quantitative estimate of drug-likeness (QED) is 0.893. The van der Waals surface area contributed by atoms with Crippen LogP contribution in [-0.4, -0.2) is 18.8 Å². The normalized spacial score (nSPS) is 28.8. The number of thiophene rings is 1. The molecule has 0 bridgehead atoms. The van der Waals surface area contributed by atoms with Gasteiger partial charge >= 0.3 is 0 Å². The molecule has 0 spiro atoms. The Balaban J connectivity index is 2.05. The van der Waals surface area contributed by atoms with Gasteiger partial charge in [0, 0.05) is 18.5 Å². The number of ether oxygens (including phenoxy) is 1. The molecule has 2 atom stereocenters. The van der Waals surface area contributed by atoms with Gasteiger partial charge in [-0.25, -0.2) is 0 Å². The molecule has 2 rings (SSSR count). The van der Waals surface area contributed by atoms with Crippen molar-refractivity contribution < 1.29 is 4.74 Å². The van der Waals surface area contributed by atoms with Crippen LogP contribution in [0.15, 0.2) is 17.5 Å². The summed E-state index contributed by atoms with van der Waals surface area (Å²) in [5.74, 6) is 0. The van der Waals surface area contributed by atoms with Crippen molar-refractivity contribution in [3.63, 3.8) is 0 Å². The van der Waals surface area contributed by atoms with Crippen LogP contribution in [-0.2, 0) is 11.3 Å². The molecule has 0 aliphatic heterocycles. The maximum atomic E-state index is 9.48. The molecule has 0 radical (unpaired) electrons. The van der Waals surface area contributed by atoms with Gasteiger partial charge < -0.3 is 4.74 Å². The largest absolute Gasteiger partial charge is 0.378 e. The molecular weight excluding hydrogens is 232 g/mol. The number of hydrogen-bond acceptors (Lipinski definition) is 4. The SMILES string of the molecule is COC1CCCCC1(C#N)NCc1cccs1. The summed E-state index contributed by atoms with van der Waals surface area (Å²) in [5, 5.41) is 15.0. The second kappa shape index (κ2) is 5.63. The van der Waals surface area contributed by atoms with Crippen LogP contribution in [0.1, 0.15) is 30.6 Å². The van der Waals surface area contributed by atoms with Gasteiger partial charge in [0.05, 0.1) is 12.2 Å². The lowest BCUT2D eigenvalue weighted by molar-refractivity contribution is 0.0123. The molecule has 1 heterocycles. The zero-order valence-corrected chi connectivity index (χ0v) is 10.9. The number of hydrogen-bond donors (Lipinski definition) is 1. The number of nitrogens with one attached hydrogen (secondary N) is 1. The summed E-state index contributed by atoms with van der Waals surface area (Å²) in [6.07, 6.45) is 4.13. The summed E-state index contributed by atoms with van der Waals surface area (Å²) >= 11 is 1.72. The molecule has 1 aromatic rings. The highest BCUT2D eigenvalue weighted by atomic mass is 32.1. The summed E-state index contributed by atoms with van der Waals surface area (Å²) in [5.41, 5.74) is -0.503. The predicted octanol–water partition coefficient (Wildman–Crippen LogP) is 2.69. The van der Waals surface area contributed by atoms with Gasteiger partial charge in [0.15, 0.2) is 0 Å². The van der Waals surface area contributed by atoms with E-state index in [0.29, 0.717) is 0 Å². The van der Waals surface area contributed by atoms with Crippen LogP contribution < -0.4 is 5.32 Å². The molecule has 17 heavy (non-hydrogen) atoms. The molecule has 1 N–H and O–H groups in total. The number of nitriles is 1. The molecule has 92 valence electrons. The van der Waals surface area contributed by atoms with Crippen molar-refractivity contribution in [3.8, 4) is 6.07 Å². The van der Waals surface area contributed by atoms with Crippen molar-refractivity contribution in [2.45, 2.75) is 43.9 Å². The molecule has 0 saturated heterocycles. The fourth-order valence-electron chi connectivity index (χ4n) is 2.49. The minimum atomic E-state index is -0.503. The Bertz CT molecular complexity index is 385. The fourth-order valence-corrected chi connectivity index (χ4v) is 3.13. The molecule has 0 amide bonds. The van der Waals surface area contributed by atoms with Crippen molar-refractivity contribution in [1.29, 1.82) is 5.26 Å². The highest BCUT2D eigenvalue weighted by Gasteiger charge is 2.41. The fraction of sp³-hybridized carbons (Fsp3) is 0.615. The van der Waals surface area contributed by atoms with Gasteiger partial charge in [0.2, 0.25) is 0 Å². The van der Waals surface area contributed by atoms with E-state index in [-0.39, 0.29) is 6.10 Å². The van der Waals surface area contributed by atoms with Crippen molar-refractivity contribution in [1.82, 2.24) is 5.32 Å². The highest BCUT2D eigenvalue weighted by Crippen LogP contribution is 2.30. The van der Waals surface area contributed by atoms with Crippen molar-refractivity contribution in [2.75, 3.05) is 7.11 Å². The second-order valence-electron chi connectivity index (χ2n) is 4.49. The Morgan fingerprint density at radius 3 is 3.18 bits per heavy atom. The Hall–Kier alpha value is -0.890. The van der Waals surface area contributed by atoms with E-state index in [2.05, 4.69) is 22.8 Å². The van der Waals surface area contributed by atoms with Crippen LogP contribution in [0.5, 0.6) is 0 Å². The van der Waals surface area contributed by atoms with Crippen molar-refractivity contribution in [3.05, 3.63) is 22.4 Å². The molecule has 1 saturated carbocycles. The zero-order chi connectivity index (χ0) is 12.1. The van der Waals surface area contributed by atoms with Crippen LogP contribution in [0.3, 0.4) is 0 Å². The first-order chi connectivity index (χ1) is 8.30. The first kappa shape index (κ1) is 12.6. The monoisotopic (exact) mass is 250 g/mol. The zero-order valence-electron chi connectivity index (χ0n) is 10.1. The first-order valence-corrected chi connectivity index (χ1v) is 6.90. The third-order valence-electron chi connectivity index (χ3n) is 3.48. The van der Waals surface area contributed by atoms with Crippen LogP contribution >= 0.6 is 11.3 Å². The maximum Gasteiger partial charge on any atom is 0.133 e. The van der Waals surface area contributed by atoms with Gasteiger partial charge in [-0.2, -0.15) is 5.26 Å². The maximum absolute atomic E-state index is 9.48. The van der Waals surface area contributed by atoms with E-state index in [1.54, 1.807) is 18.4 Å². The van der Waals surface area contributed by atoms with Crippen molar-refractivity contribution >= 4 is 11.3 Å². The summed E-state index contributed by atoms with van der Waals surface area (Å²) in [7, 11) is 1.70. The Labute approximate surface area is 106 Å². The molecule has 1 aromatic heterocycles. The number of methoxy groups -OCH3 is 1. The van der Waals surface area contributed by atoms with Gasteiger partial charge in [-0.05, 0) is 24.3 Å². The van der Waals surface area contributed by atoms with E-state index in [9.17, 15) is 5.26 Å². The molecule has 1 fully saturated rings. The van der Waals surface area contributed by atoms with E-state index in [4.69, 9.17) is 4.74 Å². The average molecular weight is 250 g/mol. The smallest absolute Gasteiger partial charge is 0.133 e. The van der Waals surface area contributed by atoms with Gasteiger partial charge in [0.1, 0.15) is 5.54 Å². The lowest BCUT2D eigenvalue weighted by Gasteiger charge is -2.38. The molecule has 1 aliphatic rings. The van der Waals surface area contributed by atoms with Crippen LogP contribution in [0.2, 0.25) is 0 Å². The van der Waals surface area contributed by atoms with E-state index in [0.717, 1.165) is 32.2 Å². The molecule has 4 heteroatoms. The highest BCUT2D eigenvalue weighted by molar-refractivity contribution is 7.09. The van der Waals surface area contributed by atoms with E-state index in [1.807, 2.05) is 6.07 Å².